The zero-order chi connectivity index (χ0) is 21.1. The van der Waals surface area contributed by atoms with Gasteiger partial charge < -0.3 is 19.6 Å². The zero-order valence-corrected chi connectivity index (χ0v) is 17.1. The van der Waals surface area contributed by atoms with E-state index in [1.165, 1.54) is 0 Å². The van der Waals surface area contributed by atoms with Crippen LogP contribution in [0.3, 0.4) is 0 Å². The Morgan fingerprint density at radius 1 is 1.17 bits per heavy atom. The third-order valence-corrected chi connectivity index (χ3v) is 5.61. The molecule has 3 aromatic rings. The van der Waals surface area contributed by atoms with E-state index in [0.29, 0.717) is 10.6 Å². The molecule has 1 aromatic heterocycles. The Labute approximate surface area is 178 Å². The highest BCUT2D eigenvalue weighted by molar-refractivity contribution is 6.32. The highest BCUT2D eigenvalue weighted by atomic mass is 35.5. The molecule has 0 fully saturated rings. The molecule has 4 rings (SSSR count). The second-order valence-electron chi connectivity index (χ2n) is 7.35. The lowest BCUT2D eigenvalue weighted by Crippen LogP contribution is -2.32. The van der Waals surface area contributed by atoms with Gasteiger partial charge in [-0.3, -0.25) is 4.79 Å². The summed E-state index contributed by atoms with van der Waals surface area (Å²) in [6.45, 7) is -0.208. The summed E-state index contributed by atoms with van der Waals surface area (Å²) in [5.74, 6) is -0.130. The highest BCUT2D eigenvalue weighted by Gasteiger charge is 2.20. The maximum absolute atomic E-state index is 12.3. The maximum atomic E-state index is 12.3. The van der Waals surface area contributed by atoms with Crippen LogP contribution in [0.5, 0.6) is 5.75 Å². The molecule has 0 aliphatic heterocycles. The number of amides is 1. The number of rotatable bonds is 6. The minimum Gasteiger partial charge on any atom is -0.482 e. The monoisotopic (exact) mass is 427 g/mol. The number of hydrogen-bond donors (Lipinski definition) is 2. The molecule has 7 heteroatoms. The number of ether oxygens (including phenoxy) is 1. The number of aliphatic hydroxyl groups is 1. The number of nitrogens with one attached hydrogen (secondary N) is 1. The number of aryl methyl sites for hydroxylation is 1. The van der Waals surface area contributed by atoms with Crippen LogP contribution in [-0.4, -0.2) is 24.2 Å². The summed E-state index contributed by atoms with van der Waals surface area (Å²) < 4.78 is 11.0. The number of aliphatic hydroxyl groups excluding tert-OH is 1. The van der Waals surface area contributed by atoms with Gasteiger partial charge in [0.2, 0.25) is 0 Å². The Balaban J connectivity index is 1.43. The van der Waals surface area contributed by atoms with Crippen LogP contribution in [0.1, 0.15) is 35.6 Å². The lowest BCUT2D eigenvalue weighted by Gasteiger charge is -2.17. The zero-order valence-electron chi connectivity index (χ0n) is 16.3. The minimum atomic E-state index is -0.806. The van der Waals surface area contributed by atoms with E-state index in [9.17, 15) is 14.7 Å². The summed E-state index contributed by atoms with van der Waals surface area (Å²) in [6, 6.07) is 12.4. The van der Waals surface area contributed by atoms with Crippen molar-refractivity contribution in [2.75, 3.05) is 13.2 Å². The Kier molecular flexibility index (Phi) is 6.06. The van der Waals surface area contributed by atoms with Gasteiger partial charge in [0, 0.05) is 23.6 Å². The predicted molar refractivity (Wildman–Crippen MR) is 114 cm³/mol. The standard InChI is InChI=1S/C23H22ClNO5/c24-18-10-17-15-8-4-5-9-16(15)23(28)30-20(17)11-21(18)29-13-22(27)25-12-19(26)14-6-2-1-3-7-14/h1-3,6-7,10-11,19,26H,4-5,8-9,12-13H2,(H,25,27)/t19-/m1/s1. The quantitative estimate of drug-likeness (QED) is 0.587. The van der Waals surface area contributed by atoms with E-state index in [2.05, 4.69) is 5.32 Å². The first kappa shape index (κ1) is 20.4. The van der Waals surface area contributed by atoms with Crippen molar-refractivity contribution in [1.82, 2.24) is 5.32 Å². The molecule has 0 radical (unpaired) electrons. The van der Waals surface area contributed by atoms with E-state index in [0.717, 1.165) is 47.8 Å². The molecule has 0 saturated heterocycles. The van der Waals surface area contributed by atoms with Gasteiger partial charge in [-0.15, -0.1) is 0 Å². The van der Waals surface area contributed by atoms with Crippen LogP contribution < -0.4 is 15.7 Å². The van der Waals surface area contributed by atoms with Crippen molar-refractivity contribution in [2.24, 2.45) is 0 Å². The van der Waals surface area contributed by atoms with Crippen molar-refractivity contribution >= 4 is 28.5 Å². The largest absolute Gasteiger partial charge is 0.482 e. The van der Waals surface area contributed by atoms with Gasteiger partial charge in [0.05, 0.1) is 11.1 Å². The van der Waals surface area contributed by atoms with Gasteiger partial charge in [-0.25, -0.2) is 4.79 Å². The smallest absolute Gasteiger partial charge is 0.339 e. The molecule has 1 aliphatic rings. The second kappa shape index (κ2) is 8.90. The Morgan fingerprint density at radius 3 is 2.67 bits per heavy atom. The molecular weight excluding hydrogens is 406 g/mol. The molecule has 1 aliphatic carbocycles. The normalized spacial score (nSPS) is 14.2. The molecule has 1 heterocycles. The third-order valence-electron chi connectivity index (χ3n) is 5.31. The number of fused-ring (bicyclic) bond motifs is 3. The SMILES string of the molecule is O=C(COc1cc2oc(=O)c3c(c2cc1Cl)CCCC3)NC[C@@H](O)c1ccccc1. The average Bonchev–Trinajstić information content (AvgIpc) is 2.77. The number of hydrogen-bond acceptors (Lipinski definition) is 5. The summed E-state index contributed by atoms with van der Waals surface area (Å²) in [5, 5.41) is 13.9. The first-order valence-electron chi connectivity index (χ1n) is 9.93. The summed E-state index contributed by atoms with van der Waals surface area (Å²) in [6.07, 6.45) is 2.74. The Bertz CT molecular complexity index is 1130. The number of benzene rings is 2. The van der Waals surface area contributed by atoms with E-state index < -0.39 is 12.0 Å². The van der Waals surface area contributed by atoms with Crippen LogP contribution in [0.2, 0.25) is 5.02 Å². The Morgan fingerprint density at radius 2 is 1.90 bits per heavy atom. The van der Waals surface area contributed by atoms with E-state index in [1.807, 2.05) is 18.2 Å². The first-order chi connectivity index (χ1) is 14.5. The molecule has 6 nitrogen and oxygen atoms in total. The van der Waals surface area contributed by atoms with Crippen LogP contribution in [0.25, 0.3) is 11.0 Å². The molecule has 2 aromatic carbocycles. The topological polar surface area (TPSA) is 88.8 Å². The van der Waals surface area contributed by atoms with Crippen molar-refractivity contribution in [3.63, 3.8) is 0 Å². The minimum absolute atomic E-state index is 0.0681. The van der Waals surface area contributed by atoms with Crippen LogP contribution in [0.15, 0.2) is 51.7 Å². The van der Waals surface area contributed by atoms with Crippen LogP contribution in [0.4, 0.5) is 0 Å². The molecular formula is C23H22ClNO5. The van der Waals surface area contributed by atoms with Crippen LogP contribution >= 0.6 is 11.6 Å². The highest BCUT2D eigenvalue weighted by Crippen LogP contribution is 2.34. The molecule has 2 N–H and O–H groups in total. The third kappa shape index (κ3) is 4.35. The summed E-state index contributed by atoms with van der Waals surface area (Å²) in [5.41, 5.74) is 2.52. The predicted octanol–water partition coefficient (Wildman–Crippen LogP) is 3.55. The molecule has 1 amide bonds. The van der Waals surface area contributed by atoms with Gasteiger partial charge >= 0.3 is 5.63 Å². The maximum Gasteiger partial charge on any atom is 0.339 e. The summed E-state index contributed by atoms with van der Waals surface area (Å²) >= 11 is 6.36. The van der Waals surface area contributed by atoms with E-state index in [4.69, 9.17) is 20.8 Å². The van der Waals surface area contributed by atoms with Gasteiger partial charge in [-0.05, 0) is 42.9 Å². The number of carbonyl (C=O) groups excluding carboxylic acids is 1. The van der Waals surface area contributed by atoms with Gasteiger partial charge in [0.25, 0.3) is 5.91 Å². The van der Waals surface area contributed by atoms with Gasteiger partial charge in [0.1, 0.15) is 11.3 Å². The molecule has 0 unspecified atom stereocenters. The lowest BCUT2D eigenvalue weighted by atomic mass is 9.91. The summed E-state index contributed by atoms with van der Waals surface area (Å²) in [7, 11) is 0. The fourth-order valence-electron chi connectivity index (χ4n) is 3.75. The van der Waals surface area contributed by atoms with Gasteiger partial charge in [-0.1, -0.05) is 41.9 Å². The average molecular weight is 428 g/mol. The molecule has 30 heavy (non-hydrogen) atoms. The van der Waals surface area contributed by atoms with Gasteiger partial charge in [-0.2, -0.15) is 0 Å². The number of carbonyl (C=O) groups is 1. The first-order valence-corrected chi connectivity index (χ1v) is 10.3. The fourth-order valence-corrected chi connectivity index (χ4v) is 3.97. The van der Waals surface area contributed by atoms with E-state index >= 15 is 0 Å². The Hall–Kier alpha value is -2.83. The van der Waals surface area contributed by atoms with Crippen molar-refractivity contribution in [3.8, 4) is 5.75 Å². The molecule has 0 bridgehead atoms. The van der Waals surface area contributed by atoms with Crippen LogP contribution in [-0.2, 0) is 17.6 Å². The van der Waals surface area contributed by atoms with E-state index in [-0.39, 0.29) is 24.5 Å². The van der Waals surface area contributed by atoms with Crippen LogP contribution in [0, 0.1) is 0 Å². The van der Waals surface area contributed by atoms with Crippen molar-refractivity contribution < 1.29 is 19.1 Å². The molecule has 156 valence electrons. The molecule has 0 saturated carbocycles. The van der Waals surface area contributed by atoms with Crippen molar-refractivity contribution in [3.05, 3.63) is 74.6 Å². The fraction of sp³-hybridized carbons (Fsp3) is 0.304. The van der Waals surface area contributed by atoms with Gasteiger partial charge in [0.15, 0.2) is 6.61 Å². The van der Waals surface area contributed by atoms with E-state index in [1.54, 1.807) is 24.3 Å². The van der Waals surface area contributed by atoms with Crippen molar-refractivity contribution in [1.29, 1.82) is 0 Å². The lowest BCUT2D eigenvalue weighted by molar-refractivity contribution is -0.123. The molecule has 0 spiro atoms. The number of halogens is 1. The summed E-state index contributed by atoms with van der Waals surface area (Å²) in [4.78, 5) is 24.4. The molecule has 1 atom stereocenters. The van der Waals surface area contributed by atoms with Crippen molar-refractivity contribution in [2.45, 2.75) is 31.8 Å². The second-order valence-corrected chi connectivity index (χ2v) is 7.76.